The number of hydrogen-bond acceptors (Lipinski definition) is 6. The van der Waals surface area contributed by atoms with Crippen LogP contribution in [-0.2, 0) is 11.3 Å². The Hall–Kier alpha value is -4.06. The van der Waals surface area contributed by atoms with Gasteiger partial charge in [0.25, 0.3) is 0 Å². The van der Waals surface area contributed by atoms with E-state index in [9.17, 15) is 14.9 Å². The standard InChI is InChI=1S/C17H12N6O3/c18-9-12-1-3-13(4-2-12)14-5-7-15(8-6-14)20-16(24)10-22-11-19-17(21-22)23(25)26/h1-8,11H,10H2,(H,20,24). The lowest BCUT2D eigenvalue weighted by Gasteiger charge is -2.06. The van der Waals surface area contributed by atoms with Crippen LogP contribution in [0.5, 0.6) is 0 Å². The SMILES string of the molecule is N#Cc1ccc(-c2ccc(NC(=O)Cn3cnc([N+](=O)[O-])n3)cc2)cc1. The maximum atomic E-state index is 12.0. The van der Waals surface area contributed by atoms with Gasteiger partial charge in [-0.2, -0.15) is 9.94 Å². The molecule has 0 saturated carbocycles. The Bertz CT molecular complexity index is 987. The van der Waals surface area contributed by atoms with E-state index in [0.29, 0.717) is 11.3 Å². The van der Waals surface area contributed by atoms with Crippen molar-refractivity contribution < 1.29 is 9.72 Å². The minimum atomic E-state index is -0.726. The first-order chi connectivity index (χ1) is 12.5. The molecular formula is C17H12N6O3. The number of nitro groups is 1. The Labute approximate surface area is 147 Å². The summed E-state index contributed by atoms with van der Waals surface area (Å²) in [6, 6.07) is 16.4. The van der Waals surface area contributed by atoms with Gasteiger partial charge in [0.15, 0.2) is 0 Å². The third-order valence-corrected chi connectivity index (χ3v) is 3.51. The van der Waals surface area contributed by atoms with Crippen LogP contribution in [0, 0.1) is 21.4 Å². The number of aromatic nitrogens is 3. The summed E-state index contributed by atoms with van der Waals surface area (Å²) in [6.45, 7) is -0.182. The highest BCUT2D eigenvalue weighted by Crippen LogP contribution is 2.21. The molecule has 2 aromatic carbocycles. The van der Waals surface area contributed by atoms with Crippen molar-refractivity contribution in [1.29, 1.82) is 5.26 Å². The van der Waals surface area contributed by atoms with Crippen LogP contribution in [0.15, 0.2) is 54.9 Å². The van der Waals surface area contributed by atoms with Gasteiger partial charge >= 0.3 is 5.95 Å². The molecule has 0 aliphatic carbocycles. The molecule has 26 heavy (non-hydrogen) atoms. The van der Waals surface area contributed by atoms with E-state index in [0.717, 1.165) is 22.1 Å². The molecule has 0 radical (unpaired) electrons. The molecule has 1 heterocycles. The zero-order valence-electron chi connectivity index (χ0n) is 13.4. The molecule has 0 spiro atoms. The average Bonchev–Trinajstić information content (AvgIpc) is 3.11. The zero-order valence-corrected chi connectivity index (χ0v) is 13.4. The lowest BCUT2D eigenvalue weighted by Crippen LogP contribution is -2.19. The van der Waals surface area contributed by atoms with Crippen LogP contribution in [0.1, 0.15) is 5.56 Å². The first-order valence-electron chi connectivity index (χ1n) is 7.49. The first kappa shape index (κ1) is 16.8. The third-order valence-electron chi connectivity index (χ3n) is 3.51. The predicted molar refractivity (Wildman–Crippen MR) is 91.9 cm³/mol. The monoisotopic (exact) mass is 348 g/mol. The van der Waals surface area contributed by atoms with Crippen LogP contribution in [-0.4, -0.2) is 25.6 Å². The quantitative estimate of drug-likeness (QED) is 0.557. The van der Waals surface area contributed by atoms with Gasteiger partial charge in [-0.05, 0) is 40.3 Å². The van der Waals surface area contributed by atoms with Gasteiger partial charge in [-0.25, -0.2) is 0 Å². The summed E-state index contributed by atoms with van der Waals surface area (Å²) in [4.78, 5) is 25.3. The van der Waals surface area contributed by atoms with Gasteiger partial charge in [-0.3, -0.25) is 4.79 Å². The van der Waals surface area contributed by atoms with Gasteiger partial charge in [0.1, 0.15) is 6.54 Å². The highest BCUT2D eigenvalue weighted by atomic mass is 16.6. The Morgan fingerprint density at radius 2 is 1.77 bits per heavy atom. The summed E-state index contributed by atoms with van der Waals surface area (Å²) in [5.74, 6) is -0.930. The summed E-state index contributed by atoms with van der Waals surface area (Å²) < 4.78 is 1.10. The highest BCUT2D eigenvalue weighted by Gasteiger charge is 2.15. The molecule has 9 nitrogen and oxygen atoms in total. The Morgan fingerprint density at radius 1 is 1.15 bits per heavy atom. The number of hydrogen-bond donors (Lipinski definition) is 1. The molecule has 0 fully saturated rings. The van der Waals surface area contributed by atoms with Crippen LogP contribution >= 0.6 is 0 Å². The van der Waals surface area contributed by atoms with Crippen molar-refractivity contribution in [1.82, 2.24) is 14.8 Å². The molecule has 3 rings (SSSR count). The third kappa shape index (κ3) is 3.88. The topological polar surface area (TPSA) is 127 Å². The Morgan fingerprint density at radius 3 is 2.31 bits per heavy atom. The smallest absolute Gasteiger partial charge is 0.390 e. The van der Waals surface area contributed by atoms with Gasteiger partial charge in [0.05, 0.1) is 11.6 Å². The predicted octanol–water partition coefficient (Wildman–Crippen LogP) is 2.36. The van der Waals surface area contributed by atoms with Crippen molar-refractivity contribution in [3.63, 3.8) is 0 Å². The normalized spacial score (nSPS) is 10.1. The number of amides is 1. The van der Waals surface area contributed by atoms with Gasteiger partial charge in [0.2, 0.25) is 12.2 Å². The molecule has 0 aliphatic heterocycles. The molecule has 0 unspecified atom stereocenters. The fourth-order valence-corrected chi connectivity index (χ4v) is 2.28. The number of carbonyl (C=O) groups excluding carboxylic acids is 1. The number of anilines is 1. The van der Waals surface area contributed by atoms with Crippen molar-refractivity contribution in [3.05, 3.63) is 70.5 Å². The molecule has 1 N–H and O–H groups in total. The first-order valence-corrected chi connectivity index (χ1v) is 7.49. The molecule has 1 amide bonds. The number of benzene rings is 2. The van der Waals surface area contributed by atoms with E-state index >= 15 is 0 Å². The highest BCUT2D eigenvalue weighted by molar-refractivity contribution is 5.90. The van der Waals surface area contributed by atoms with Gasteiger partial charge in [-0.1, -0.05) is 29.2 Å². The van der Waals surface area contributed by atoms with E-state index in [-0.39, 0.29) is 12.5 Å². The lowest BCUT2D eigenvalue weighted by molar-refractivity contribution is -0.394. The summed E-state index contributed by atoms with van der Waals surface area (Å²) in [5, 5.41) is 25.6. The van der Waals surface area contributed by atoms with Crippen molar-refractivity contribution in [2.75, 3.05) is 5.32 Å². The molecular weight excluding hydrogens is 336 g/mol. The van der Waals surface area contributed by atoms with Crippen LogP contribution in [0.2, 0.25) is 0 Å². The zero-order chi connectivity index (χ0) is 18.5. The minimum Gasteiger partial charge on any atom is -0.390 e. The molecule has 1 aromatic heterocycles. The summed E-state index contributed by atoms with van der Waals surface area (Å²) in [7, 11) is 0. The van der Waals surface area contributed by atoms with E-state index in [1.54, 1.807) is 24.3 Å². The van der Waals surface area contributed by atoms with Crippen LogP contribution < -0.4 is 5.32 Å². The Kier molecular flexibility index (Phi) is 4.67. The number of carbonyl (C=O) groups is 1. The molecule has 0 atom stereocenters. The second-order valence-corrected chi connectivity index (χ2v) is 5.31. The van der Waals surface area contributed by atoms with E-state index in [1.807, 2.05) is 24.3 Å². The van der Waals surface area contributed by atoms with Gasteiger partial charge in [-0.15, -0.1) is 0 Å². The second kappa shape index (κ2) is 7.23. The van der Waals surface area contributed by atoms with Crippen molar-refractivity contribution in [2.24, 2.45) is 0 Å². The largest absolute Gasteiger partial charge is 0.490 e. The van der Waals surface area contributed by atoms with Crippen molar-refractivity contribution >= 4 is 17.5 Å². The van der Waals surface area contributed by atoms with Gasteiger partial charge < -0.3 is 15.4 Å². The number of nitriles is 1. The summed E-state index contributed by atoms with van der Waals surface area (Å²) in [6.07, 6.45) is 1.13. The molecule has 128 valence electrons. The molecule has 0 bridgehead atoms. The maximum Gasteiger partial charge on any atom is 0.490 e. The Balaban J connectivity index is 1.63. The van der Waals surface area contributed by atoms with E-state index in [2.05, 4.69) is 21.5 Å². The number of nitrogens with one attached hydrogen (secondary N) is 1. The average molecular weight is 348 g/mol. The minimum absolute atomic E-state index is 0.182. The van der Waals surface area contributed by atoms with E-state index < -0.39 is 10.9 Å². The lowest BCUT2D eigenvalue weighted by atomic mass is 10.0. The number of nitrogens with zero attached hydrogens (tertiary/aromatic N) is 5. The van der Waals surface area contributed by atoms with Crippen LogP contribution in [0.4, 0.5) is 11.6 Å². The van der Waals surface area contributed by atoms with Crippen LogP contribution in [0.3, 0.4) is 0 Å². The molecule has 0 aliphatic rings. The van der Waals surface area contributed by atoms with Crippen molar-refractivity contribution in [3.8, 4) is 17.2 Å². The molecule has 0 saturated heterocycles. The molecule has 9 heteroatoms. The summed E-state index contributed by atoms with van der Waals surface area (Å²) >= 11 is 0. The van der Waals surface area contributed by atoms with Crippen LogP contribution in [0.25, 0.3) is 11.1 Å². The van der Waals surface area contributed by atoms with Gasteiger partial charge in [0, 0.05) is 10.8 Å². The fraction of sp³-hybridized carbons (Fsp3) is 0.0588. The summed E-state index contributed by atoms with van der Waals surface area (Å²) in [5.41, 5.74) is 3.07. The van der Waals surface area contributed by atoms with Crippen molar-refractivity contribution in [2.45, 2.75) is 6.54 Å². The maximum absolute atomic E-state index is 12.0. The number of rotatable bonds is 5. The van der Waals surface area contributed by atoms with E-state index in [1.165, 1.54) is 0 Å². The molecule has 3 aromatic rings. The van der Waals surface area contributed by atoms with E-state index in [4.69, 9.17) is 5.26 Å². The fourth-order valence-electron chi connectivity index (χ4n) is 2.28. The second-order valence-electron chi connectivity index (χ2n) is 5.31.